The number of H-pyrrole nitrogens is 1. The van der Waals surface area contributed by atoms with Crippen LogP contribution >= 0.6 is 22.9 Å². The molecule has 3 N–H and O–H groups in total. The molecule has 2 aromatic heterocycles. The molecule has 0 spiro atoms. The molecule has 0 unspecified atom stereocenters. The van der Waals surface area contributed by atoms with Crippen LogP contribution in [-0.2, 0) is 5.60 Å². The van der Waals surface area contributed by atoms with Gasteiger partial charge in [-0.05, 0) is 37.1 Å². The summed E-state index contributed by atoms with van der Waals surface area (Å²) < 4.78 is 0.661. The van der Waals surface area contributed by atoms with Crippen LogP contribution in [0.1, 0.15) is 17.7 Å². The van der Waals surface area contributed by atoms with Gasteiger partial charge in [0.15, 0.2) is 5.82 Å². The molecule has 0 atom stereocenters. The number of piperidine rings is 1. The van der Waals surface area contributed by atoms with Crippen LogP contribution in [0.25, 0.3) is 10.9 Å². The number of halogens is 1. The molecule has 0 bridgehead atoms. The summed E-state index contributed by atoms with van der Waals surface area (Å²) in [6, 6.07) is 11.1. The number of hydrogen-bond donors (Lipinski definition) is 3. The zero-order valence-corrected chi connectivity index (χ0v) is 14.9. The van der Waals surface area contributed by atoms with E-state index >= 15 is 0 Å². The topological polar surface area (TPSA) is 81.2 Å². The minimum atomic E-state index is -0.909. The Bertz CT molecular complexity index is 914. The van der Waals surface area contributed by atoms with E-state index < -0.39 is 5.60 Å². The van der Waals surface area contributed by atoms with Crippen LogP contribution in [0, 0.1) is 0 Å². The smallest absolute Gasteiger partial charge is 0.323 e. The zero-order chi connectivity index (χ0) is 17.4. The summed E-state index contributed by atoms with van der Waals surface area (Å²) in [6.45, 7) is 0.945. The number of carbonyl (C=O) groups excluding carboxylic acids is 1. The number of aliphatic hydroxyl groups is 1. The SMILES string of the molecule is O=C(Nc1n[nH]c2ccccc12)N1CCC(O)(c2ccc(Cl)s2)CC1. The van der Waals surface area contributed by atoms with Gasteiger partial charge in [-0.25, -0.2) is 4.79 Å². The van der Waals surface area contributed by atoms with Gasteiger partial charge in [-0.3, -0.25) is 10.4 Å². The summed E-state index contributed by atoms with van der Waals surface area (Å²) >= 11 is 7.36. The number of likely N-dealkylation sites (tertiary alicyclic amines) is 1. The zero-order valence-electron chi connectivity index (χ0n) is 13.3. The predicted molar refractivity (Wildman–Crippen MR) is 99.1 cm³/mol. The second kappa shape index (κ2) is 6.33. The van der Waals surface area contributed by atoms with E-state index in [2.05, 4.69) is 15.5 Å². The summed E-state index contributed by atoms with van der Waals surface area (Å²) in [6.07, 6.45) is 0.969. The van der Waals surface area contributed by atoms with Gasteiger partial charge in [0.2, 0.25) is 0 Å². The van der Waals surface area contributed by atoms with Gasteiger partial charge in [0.05, 0.1) is 9.85 Å². The summed E-state index contributed by atoms with van der Waals surface area (Å²) in [5.74, 6) is 0.520. The molecule has 1 saturated heterocycles. The number of hydrogen-bond acceptors (Lipinski definition) is 4. The standard InChI is InChI=1S/C17H17ClN4O2S/c18-14-6-5-13(25-14)17(24)7-9-22(10-8-17)16(23)19-15-11-3-1-2-4-12(11)20-21-15/h1-6,24H,7-10H2,(H2,19,20,21,23). The highest BCUT2D eigenvalue weighted by Crippen LogP contribution is 2.38. The molecule has 1 aliphatic heterocycles. The number of amides is 2. The van der Waals surface area contributed by atoms with Crippen LogP contribution in [0.2, 0.25) is 4.34 Å². The van der Waals surface area contributed by atoms with Gasteiger partial charge >= 0.3 is 6.03 Å². The molecule has 4 rings (SSSR count). The Balaban J connectivity index is 1.43. The predicted octanol–water partition coefficient (Wildman–Crippen LogP) is 3.79. The number of aromatic nitrogens is 2. The summed E-state index contributed by atoms with van der Waals surface area (Å²) in [5, 5.41) is 21.6. The fraction of sp³-hybridized carbons (Fsp3) is 0.294. The van der Waals surface area contributed by atoms with Crippen LogP contribution in [-0.4, -0.2) is 39.3 Å². The molecule has 1 fully saturated rings. The van der Waals surface area contributed by atoms with Crippen molar-refractivity contribution in [3.8, 4) is 0 Å². The molecular weight excluding hydrogens is 360 g/mol. The average molecular weight is 377 g/mol. The van der Waals surface area contributed by atoms with Gasteiger partial charge in [0, 0.05) is 23.4 Å². The molecule has 0 saturated carbocycles. The van der Waals surface area contributed by atoms with Crippen molar-refractivity contribution in [2.24, 2.45) is 0 Å². The molecule has 1 aromatic carbocycles. The third-order valence-electron chi connectivity index (χ3n) is 4.61. The van der Waals surface area contributed by atoms with E-state index in [-0.39, 0.29) is 6.03 Å². The maximum absolute atomic E-state index is 12.5. The monoisotopic (exact) mass is 376 g/mol. The minimum Gasteiger partial charge on any atom is -0.384 e. The Morgan fingerprint density at radius 2 is 2.04 bits per heavy atom. The third-order valence-corrected chi connectivity index (χ3v) is 6.03. The van der Waals surface area contributed by atoms with E-state index in [1.807, 2.05) is 30.3 Å². The Morgan fingerprint density at radius 3 is 2.76 bits per heavy atom. The van der Waals surface area contributed by atoms with E-state index in [1.54, 1.807) is 11.0 Å². The van der Waals surface area contributed by atoms with Gasteiger partial charge in [-0.2, -0.15) is 5.10 Å². The highest BCUT2D eigenvalue weighted by molar-refractivity contribution is 7.16. The second-order valence-corrected chi connectivity index (χ2v) is 7.89. The third kappa shape index (κ3) is 3.10. The lowest BCUT2D eigenvalue weighted by atomic mass is 9.90. The molecule has 6 nitrogen and oxygen atoms in total. The number of fused-ring (bicyclic) bond motifs is 1. The van der Waals surface area contributed by atoms with Crippen molar-refractivity contribution in [1.82, 2.24) is 15.1 Å². The van der Waals surface area contributed by atoms with E-state index in [0.29, 0.717) is 36.1 Å². The van der Waals surface area contributed by atoms with Crippen molar-refractivity contribution in [2.75, 3.05) is 18.4 Å². The van der Waals surface area contributed by atoms with Crippen LogP contribution in [0.15, 0.2) is 36.4 Å². The van der Waals surface area contributed by atoms with Gasteiger partial charge in [0.1, 0.15) is 5.60 Å². The van der Waals surface area contributed by atoms with E-state index in [0.717, 1.165) is 15.8 Å². The van der Waals surface area contributed by atoms with Gasteiger partial charge in [-0.15, -0.1) is 11.3 Å². The van der Waals surface area contributed by atoms with Gasteiger partial charge < -0.3 is 10.0 Å². The molecule has 2 amide bonds. The van der Waals surface area contributed by atoms with Crippen molar-refractivity contribution >= 4 is 45.7 Å². The maximum atomic E-state index is 12.5. The Labute approximate surface area is 153 Å². The number of carbonyl (C=O) groups is 1. The largest absolute Gasteiger partial charge is 0.384 e. The molecule has 130 valence electrons. The van der Waals surface area contributed by atoms with Crippen LogP contribution in [0.3, 0.4) is 0 Å². The van der Waals surface area contributed by atoms with Crippen molar-refractivity contribution in [2.45, 2.75) is 18.4 Å². The van der Waals surface area contributed by atoms with Crippen molar-refractivity contribution in [3.63, 3.8) is 0 Å². The first-order chi connectivity index (χ1) is 12.0. The van der Waals surface area contributed by atoms with Gasteiger partial charge in [0.25, 0.3) is 0 Å². The molecule has 3 heterocycles. The molecule has 3 aromatic rings. The lowest BCUT2D eigenvalue weighted by Gasteiger charge is -2.37. The van der Waals surface area contributed by atoms with Crippen LogP contribution in [0.4, 0.5) is 10.6 Å². The first-order valence-corrected chi connectivity index (χ1v) is 9.22. The Kier molecular flexibility index (Phi) is 4.15. The highest BCUT2D eigenvalue weighted by atomic mass is 35.5. The highest BCUT2D eigenvalue weighted by Gasteiger charge is 2.36. The fourth-order valence-electron chi connectivity index (χ4n) is 3.13. The first-order valence-electron chi connectivity index (χ1n) is 8.02. The van der Waals surface area contributed by atoms with Gasteiger partial charge in [-0.1, -0.05) is 23.7 Å². The molecule has 25 heavy (non-hydrogen) atoms. The molecule has 8 heteroatoms. The second-order valence-electron chi connectivity index (χ2n) is 6.17. The number of nitrogens with zero attached hydrogens (tertiary/aromatic N) is 2. The number of nitrogens with one attached hydrogen (secondary N) is 2. The number of para-hydroxylation sites is 1. The molecule has 1 aliphatic rings. The molecular formula is C17H17ClN4O2S. The van der Waals surface area contributed by atoms with E-state index in [9.17, 15) is 9.90 Å². The first kappa shape index (κ1) is 16.4. The van der Waals surface area contributed by atoms with Crippen LogP contribution < -0.4 is 5.32 Å². The normalized spacial score (nSPS) is 17.0. The minimum absolute atomic E-state index is 0.205. The quantitative estimate of drug-likeness (QED) is 0.636. The van der Waals surface area contributed by atoms with Crippen molar-refractivity contribution in [3.05, 3.63) is 45.6 Å². The van der Waals surface area contributed by atoms with Crippen LogP contribution in [0.5, 0.6) is 0 Å². The average Bonchev–Trinajstić information content (AvgIpc) is 3.23. The number of urea groups is 1. The van der Waals surface area contributed by atoms with Crippen molar-refractivity contribution < 1.29 is 9.90 Å². The summed E-state index contributed by atoms with van der Waals surface area (Å²) in [4.78, 5) is 15.1. The van der Waals surface area contributed by atoms with Crippen molar-refractivity contribution in [1.29, 1.82) is 0 Å². The number of aromatic amines is 1. The molecule has 0 aliphatic carbocycles. The maximum Gasteiger partial charge on any atom is 0.323 e. The fourth-order valence-corrected chi connectivity index (χ4v) is 4.32. The number of thiophene rings is 1. The molecule has 0 radical (unpaired) electrons. The van der Waals surface area contributed by atoms with E-state index in [4.69, 9.17) is 11.6 Å². The van der Waals surface area contributed by atoms with E-state index in [1.165, 1.54) is 11.3 Å². The number of anilines is 1. The lowest BCUT2D eigenvalue weighted by molar-refractivity contribution is -0.0125. The Hall–Kier alpha value is -2.09. The lowest BCUT2D eigenvalue weighted by Crippen LogP contribution is -2.46. The number of benzene rings is 1. The summed E-state index contributed by atoms with van der Waals surface area (Å²) in [5.41, 5.74) is -0.0337. The summed E-state index contributed by atoms with van der Waals surface area (Å²) in [7, 11) is 0. The number of rotatable bonds is 2. The Morgan fingerprint density at radius 1 is 1.28 bits per heavy atom.